The number of aromatic nitrogens is 1. The number of hydrogen-bond donors (Lipinski definition) is 6. The summed E-state index contributed by atoms with van der Waals surface area (Å²) in [4.78, 5) is 42.1. The van der Waals surface area contributed by atoms with Crippen LogP contribution in [-0.4, -0.2) is 51.5 Å². The Bertz CT molecular complexity index is 1350. The zero-order valence-corrected chi connectivity index (χ0v) is 20.7. The normalized spacial score (nSPS) is 11.9. The summed E-state index contributed by atoms with van der Waals surface area (Å²) < 4.78 is 0. The Morgan fingerprint density at radius 1 is 1.00 bits per heavy atom. The van der Waals surface area contributed by atoms with Crippen LogP contribution in [0.15, 0.2) is 60.8 Å². The van der Waals surface area contributed by atoms with Crippen LogP contribution in [0, 0.1) is 10.8 Å². The van der Waals surface area contributed by atoms with Gasteiger partial charge >= 0.3 is 5.97 Å². The molecule has 10 heteroatoms. The molecule has 10 nitrogen and oxygen atoms in total. The quantitative estimate of drug-likeness (QED) is 0.202. The van der Waals surface area contributed by atoms with Gasteiger partial charge in [0.05, 0.1) is 30.1 Å². The zero-order valence-electron chi connectivity index (χ0n) is 20.7. The van der Waals surface area contributed by atoms with E-state index in [0.29, 0.717) is 11.3 Å². The van der Waals surface area contributed by atoms with Gasteiger partial charge in [0.1, 0.15) is 11.5 Å². The standard InChI is InChI=1S/C27H29N5O5/c1-27(2,3)22(14-33)32-24(34)15-8-10-18(20(12-15)26(36)37)17-6-4-5-7-19(17)25(35)31-16-9-11-21(23(28)29)30-13-16/h4-13,22,33H,14H2,1-3H3,(H3,28,29)(H,31,35)(H,32,34)(H,36,37). The molecule has 3 rings (SSSR count). The highest BCUT2D eigenvalue weighted by atomic mass is 16.4. The first-order valence-electron chi connectivity index (χ1n) is 11.4. The van der Waals surface area contributed by atoms with Crippen LogP contribution in [0.1, 0.15) is 57.5 Å². The van der Waals surface area contributed by atoms with Gasteiger partial charge in [-0.1, -0.05) is 45.0 Å². The van der Waals surface area contributed by atoms with Crippen molar-refractivity contribution < 1.29 is 24.6 Å². The van der Waals surface area contributed by atoms with Gasteiger partial charge in [0.2, 0.25) is 0 Å². The van der Waals surface area contributed by atoms with Crippen molar-refractivity contribution in [2.45, 2.75) is 26.8 Å². The molecule has 0 aliphatic rings. The number of aromatic carboxylic acids is 1. The van der Waals surface area contributed by atoms with Crippen LogP contribution in [0.3, 0.4) is 0 Å². The number of carboxylic acids is 1. The van der Waals surface area contributed by atoms with Crippen molar-refractivity contribution in [1.82, 2.24) is 10.3 Å². The predicted octanol–water partition coefficient (Wildman–Crippen LogP) is 3.12. The third-order valence-corrected chi connectivity index (χ3v) is 5.80. The maximum Gasteiger partial charge on any atom is 0.336 e. The van der Waals surface area contributed by atoms with Crippen molar-refractivity contribution in [1.29, 1.82) is 5.41 Å². The van der Waals surface area contributed by atoms with E-state index in [4.69, 9.17) is 11.1 Å². The van der Waals surface area contributed by atoms with E-state index < -0.39 is 29.2 Å². The number of carboxylic acid groups (broad SMARTS) is 1. The van der Waals surface area contributed by atoms with Crippen molar-refractivity contribution in [2.75, 3.05) is 11.9 Å². The fourth-order valence-electron chi connectivity index (χ4n) is 3.62. The molecule has 0 aliphatic carbocycles. The summed E-state index contributed by atoms with van der Waals surface area (Å²) in [5.74, 6) is -2.48. The molecule has 1 atom stereocenters. The van der Waals surface area contributed by atoms with E-state index in [1.807, 2.05) is 20.8 Å². The van der Waals surface area contributed by atoms with Gasteiger partial charge in [-0.2, -0.15) is 0 Å². The maximum atomic E-state index is 13.1. The van der Waals surface area contributed by atoms with Gasteiger partial charge in [0.15, 0.2) is 0 Å². The van der Waals surface area contributed by atoms with E-state index in [9.17, 15) is 24.6 Å². The summed E-state index contributed by atoms with van der Waals surface area (Å²) in [5, 5.41) is 32.4. The molecule has 1 heterocycles. The van der Waals surface area contributed by atoms with Crippen LogP contribution >= 0.6 is 0 Å². The van der Waals surface area contributed by atoms with Gasteiger partial charge in [-0.05, 0) is 46.9 Å². The highest BCUT2D eigenvalue weighted by molar-refractivity contribution is 6.11. The number of amidine groups is 1. The second-order valence-corrected chi connectivity index (χ2v) is 9.49. The minimum absolute atomic E-state index is 0.113. The van der Waals surface area contributed by atoms with Gasteiger partial charge < -0.3 is 26.6 Å². The number of hydrogen-bond acceptors (Lipinski definition) is 6. The molecule has 0 fully saturated rings. The SMILES string of the molecule is CC(C)(C)C(CO)NC(=O)c1ccc(-c2ccccc2C(=O)Nc2ccc(C(=N)N)nc2)c(C(=O)O)c1. The van der Waals surface area contributed by atoms with Crippen molar-refractivity contribution in [3.63, 3.8) is 0 Å². The number of aliphatic hydroxyl groups excluding tert-OH is 1. The van der Waals surface area contributed by atoms with E-state index in [-0.39, 0.29) is 40.4 Å². The fourth-order valence-corrected chi connectivity index (χ4v) is 3.62. The largest absolute Gasteiger partial charge is 0.478 e. The Balaban J connectivity index is 1.95. The van der Waals surface area contributed by atoms with E-state index in [2.05, 4.69) is 15.6 Å². The van der Waals surface area contributed by atoms with Gasteiger partial charge in [-0.15, -0.1) is 0 Å². The topological polar surface area (TPSA) is 178 Å². The summed E-state index contributed by atoms with van der Waals surface area (Å²) in [7, 11) is 0. The predicted molar refractivity (Wildman–Crippen MR) is 140 cm³/mol. The number of nitrogen functional groups attached to an aromatic ring is 1. The first-order chi connectivity index (χ1) is 17.4. The second kappa shape index (κ2) is 11.0. The lowest BCUT2D eigenvalue weighted by molar-refractivity contribution is 0.0697. The van der Waals surface area contributed by atoms with Gasteiger partial charge in [0.25, 0.3) is 11.8 Å². The molecular formula is C27H29N5O5. The first-order valence-corrected chi connectivity index (χ1v) is 11.4. The van der Waals surface area contributed by atoms with Crippen LogP contribution in [0.4, 0.5) is 5.69 Å². The summed E-state index contributed by atoms with van der Waals surface area (Å²) in [5.41, 5.74) is 6.42. The summed E-state index contributed by atoms with van der Waals surface area (Å²) in [6, 6.07) is 13.2. The van der Waals surface area contributed by atoms with Crippen molar-refractivity contribution >= 4 is 29.3 Å². The second-order valence-electron chi connectivity index (χ2n) is 9.49. The number of amides is 2. The number of nitrogens with zero attached hydrogens (tertiary/aromatic N) is 1. The molecule has 1 unspecified atom stereocenters. The highest BCUT2D eigenvalue weighted by Gasteiger charge is 2.27. The third kappa shape index (κ3) is 6.36. The molecule has 7 N–H and O–H groups in total. The zero-order chi connectivity index (χ0) is 27.3. The molecule has 0 saturated carbocycles. The number of anilines is 1. The van der Waals surface area contributed by atoms with Crippen molar-refractivity contribution in [3.8, 4) is 11.1 Å². The summed E-state index contributed by atoms with van der Waals surface area (Å²) in [6.07, 6.45) is 1.37. The van der Waals surface area contributed by atoms with Crippen LogP contribution in [0.5, 0.6) is 0 Å². The summed E-state index contributed by atoms with van der Waals surface area (Å²) in [6.45, 7) is 5.34. The maximum absolute atomic E-state index is 13.1. The molecule has 0 aliphatic heterocycles. The molecule has 37 heavy (non-hydrogen) atoms. The van der Waals surface area contributed by atoms with E-state index in [0.717, 1.165) is 0 Å². The molecule has 3 aromatic rings. The first kappa shape index (κ1) is 27.0. The fraction of sp³-hybridized carbons (Fsp3) is 0.222. The summed E-state index contributed by atoms with van der Waals surface area (Å²) >= 11 is 0. The third-order valence-electron chi connectivity index (χ3n) is 5.80. The monoisotopic (exact) mass is 503 g/mol. The average molecular weight is 504 g/mol. The van der Waals surface area contributed by atoms with Crippen LogP contribution in [0.2, 0.25) is 0 Å². The Hall–Kier alpha value is -4.57. The number of rotatable bonds is 8. The Morgan fingerprint density at radius 3 is 2.24 bits per heavy atom. The van der Waals surface area contributed by atoms with Crippen molar-refractivity contribution in [2.24, 2.45) is 11.1 Å². The van der Waals surface area contributed by atoms with Gasteiger partial charge in [-0.3, -0.25) is 20.0 Å². The Kier molecular flexibility index (Phi) is 8.04. The molecule has 2 aromatic carbocycles. The Labute approximate surface area is 214 Å². The molecule has 192 valence electrons. The van der Waals surface area contributed by atoms with Crippen LogP contribution in [-0.2, 0) is 0 Å². The minimum Gasteiger partial charge on any atom is -0.478 e. The number of carbonyl (C=O) groups is 3. The lowest BCUT2D eigenvalue weighted by Crippen LogP contribution is -2.46. The lowest BCUT2D eigenvalue weighted by atomic mass is 9.87. The number of aliphatic hydroxyl groups is 1. The van der Waals surface area contributed by atoms with E-state index in [1.54, 1.807) is 30.3 Å². The highest BCUT2D eigenvalue weighted by Crippen LogP contribution is 2.29. The minimum atomic E-state index is -1.27. The van der Waals surface area contributed by atoms with Crippen molar-refractivity contribution in [3.05, 3.63) is 83.2 Å². The Morgan fingerprint density at radius 2 is 1.68 bits per heavy atom. The van der Waals surface area contributed by atoms with Gasteiger partial charge in [-0.25, -0.2) is 4.79 Å². The molecule has 0 spiro atoms. The lowest BCUT2D eigenvalue weighted by Gasteiger charge is -2.29. The smallest absolute Gasteiger partial charge is 0.336 e. The molecule has 1 aromatic heterocycles. The number of benzene rings is 2. The van der Waals surface area contributed by atoms with Crippen LogP contribution < -0.4 is 16.4 Å². The van der Waals surface area contributed by atoms with E-state index in [1.165, 1.54) is 30.5 Å². The molecule has 0 saturated heterocycles. The average Bonchev–Trinajstić information content (AvgIpc) is 2.86. The number of carbonyl (C=O) groups excluding carboxylic acids is 2. The van der Waals surface area contributed by atoms with Gasteiger partial charge in [0, 0.05) is 11.1 Å². The molecule has 0 bridgehead atoms. The molecule has 0 radical (unpaired) electrons. The number of nitrogens with two attached hydrogens (primary N) is 1. The number of pyridine rings is 1. The number of nitrogens with one attached hydrogen (secondary N) is 3. The molecular weight excluding hydrogens is 474 g/mol. The van der Waals surface area contributed by atoms with E-state index >= 15 is 0 Å². The van der Waals surface area contributed by atoms with Crippen LogP contribution in [0.25, 0.3) is 11.1 Å². The molecule has 2 amide bonds.